The average Bonchev–Trinajstić information content (AvgIpc) is 3.43. The maximum Gasteiger partial charge on any atom is 0.137 e. The van der Waals surface area contributed by atoms with Crippen LogP contribution in [0.5, 0.6) is 0 Å². The Morgan fingerprint density at radius 2 is 1.75 bits per heavy atom. The quantitative estimate of drug-likeness (QED) is 0.304. The molecule has 0 saturated carbocycles. The van der Waals surface area contributed by atoms with Crippen molar-refractivity contribution in [1.29, 1.82) is 0 Å². The largest absolute Gasteiger partial charge is 0.382 e. The van der Waals surface area contributed by atoms with E-state index in [0.717, 1.165) is 61.0 Å². The number of benzene rings is 3. The average molecular weight is 567 g/mol. The van der Waals surface area contributed by atoms with Gasteiger partial charge in [-0.25, -0.2) is 18.4 Å². The highest BCUT2D eigenvalue weighted by atomic mass is 35.5. The first-order valence-corrected chi connectivity index (χ1v) is 13.7. The lowest BCUT2D eigenvalue weighted by molar-refractivity contribution is -0.0175. The summed E-state index contributed by atoms with van der Waals surface area (Å²) in [5.41, 5.74) is 1.75. The third kappa shape index (κ3) is 6.85. The second-order valence-electron chi connectivity index (χ2n) is 10.4. The van der Waals surface area contributed by atoms with Gasteiger partial charge in [-0.1, -0.05) is 48.0 Å². The predicted octanol–water partition coefficient (Wildman–Crippen LogP) is 4.55. The van der Waals surface area contributed by atoms with Crippen molar-refractivity contribution < 1.29 is 13.9 Å². The number of rotatable bonds is 10. The Hall–Kier alpha value is -3.37. The summed E-state index contributed by atoms with van der Waals surface area (Å²) in [6.07, 6.45) is 2.81. The number of piperazine rings is 1. The minimum atomic E-state index is -1.65. The van der Waals surface area contributed by atoms with Crippen molar-refractivity contribution in [2.75, 3.05) is 44.7 Å². The third-order valence-corrected chi connectivity index (χ3v) is 7.70. The van der Waals surface area contributed by atoms with Crippen LogP contribution in [0, 0.1) is 11.6 Å². The number of nitrogens with zero attached hydrogens (tertiary/aromatic N) is 6. The van der Waals surface area contributed by atoms with Gasteiger partial charge in [0.05, 0.1) is 6.54 Å². The molecule has 1 unspecified atom stereocenters. The van der Waals surface area contributed by atoms with Gasteiger partial charge in [-0.2, -0.15) is 5.10 Å². The van der Waals surface area contributed by atoms with Crippen LogP contribution in [0.3, 0.4) is 0 Å². The molecule has 0 spiro atoms. The SMILES string of the molecule is CN(Cc1ccc(N2CCN(Cc3ccccc3Cl)CC2)cc1)CC(O)(Cn1cncn1)c1ccc(F)cc1F. The number of hydrogen-bond acceptors (Lipinski definition) is 6. The summed E-state index contributed by atoms with van der Waals surface area (Å²) in [4.78, 5) is 10.6. The van der Waals surface area contributed by atoms with Crippen molar-refractivity contribution in [2.45, 2.75) is 25.2 Å². The minimum Gasteiger partial charge on any atom is -0.382 e. The van der Waals surface area contributed by atoms with E-state index in [0.29, 0.717) is 6.54 Å². The molecule has 0 bridgehead atoms. The molecule has 1 fully saturated rings. The van der Waals surface area contributed by atoms with Crippen LogP contribution < -0.4 is 4.90 Å². The highest BCUT2D eigenvalue weighted by Crippen LogP contribution is 2.28. The molecular weight excluding hydrogens is 534 g/mol. The topological polar surface area (TPSA) is 60.7 Å². The molecule has 0 aliphatic carbocycles. The van der Waals surface area contributed by atoms with Crippen molar-refractivity contribution in [3.8, 4) is 0 Å². The molecule has 210 valence electrons. The summed E-state index contributed by atoms with van der Waals surface area (Å²) in [7, 11) is 1.86. The first-order chi connectivity index (χ1) is 19.3. The van der Waals surface area contributed by atoms with Gasteiger partial charge in [0.15, 0.2) is 0 Å². The molecule has 2 heterocycles. The van der Waals surface area contributed by atoms with Gasteiger partial charge in [0, 0.05) is 68.2 Å². The summed E-state index contributed by atoms with van der Waals surface area (Å²) in [6, 6.07) is 19.6. The van der Waals surface area contributed by atoms with Gasteiger partial charge in [-0.3, -0.25) is 9.80 Å². The monoisotopic (exact) mass is 566 g/mol. The summed E-state index contributed by atoms with van der Waals surface area (Å²) in [5, 5.41) is 16.5. The van der Waals surface area contributed by atoms with E-state index in [1.807, 2.05) is 30.1 Å². The maximum atomic E-state index is 14.7. The zero-order chi connectivity index (χ0) is 28.1. The molecule has 10 heteroatoms. The van der Waals surface area contributed by atoms with Crippen molar-refractivity contribution in [2.24, 2.45) is 0 Å². The molecule has 40 heavy (non-hydrogen) atoms. The first-order valence-electron chi connectivity index (χ1n) is 13.3. The van der Waals surface area contributed by atoms with E-state index >= 15 is 0 Å². The van der Waals surface area contributed by atoms with Crippen LogP contribution in [-0.2, 0) is 25.2 Å². The molecule has 1 aliphatic rings. The molecule has 1 aromatic heterocycles. The molecule has 5 rings (SSSR count). The van der Waals surface area contributed by atoms with Gasteiger partial charge >= 0.3 is 0 Å². The molecule has 1 aliphatic heterocycles. The third-order valence-electron chi connectivity index (χ3n) is 7.33. The van der Waals surface area contributed by atoms with Crippen LogP contribution in [0.2, 0.25) is 5.02 Å². The molecule has 1 N–H and O–H groups in total. The maximum absolute atomic E-state index is 14.7. The zero-order valence-corrected chi connectivity index (χ0v) is 23.2. The Bertz CT molecular complexity index is 1400. The summed E-state index contributed by atoms with van der Waals surface area (Å²) in [5.74, 6) is -1.49. The van der Waals surface area contributed by atoms with E-state index in [1.54, 1.807) is 0 Å². The Morgan fingerprint density at radius 3 is 2.42 bits per heavy atom. The van der Waals surface area contributed by atoms with Gasteiger partial charge in [0.2, 0.25) is 0 Å². The van der Waals surface area contributed by atoms with Gasteiger partial charge in [-0.15, -0.1) is 0 Å². The van der Waals surface area contributed by atoms with E-state index in [1.165, 1.54) is 29.1 Å². The Kier molecular flexibility index (Phi) is 8.75. The fourth-order valence-electron chi connectivity index (χ4n) is 5.33. The van der Waals surface area contributed by atoms with Crippen LogP contribution in [-0.4, -0.2) is 69.4 Å². The van der Waals surface area contributed by atoms with Gasteiger partial charge in [0.1, 0.15) is 29.9 Å². The van der Waals surface area contributed by atoms with E-state index in [-0.39, 0.29) is 18.7 Å². The van der Waals surface area contributed by atoms with E-state index in [9.17, 15) is 13.9 Å². The van der Waals surface area contributed by atoms with Crippen LogP contribution in [0.25, 0.3) is 0 Å². The second kappa shape index (κ2) is 12.4. The fourth-order valence-corrected chi connectivity index (χ4v) is 5.52. The van der Waals surface area contributed by atoms with Crippen LogP contribution >= 0.6 is 11.6 Å². The summed E-state index contributed by atoms with van der Waals surface area (Å²) in [6.45, 7) is 5.24. The highest BCUT2D eigenvalue weighted by molar-refractivity contribution is 6.31. The highest BCUT2D eigenvalue weighted by Gasteiger charge is 2.35. The number of aromatic nitrogens is 3. The smallest absolute Gasteiger partial charge is 0.137 e. The number of aliphatic hydroxyl groups is 1. The summed E-state index contributed by atoms with van der Waals surface area (Å²) < 4.78 is 29.8. The zero-order valence-electron chi connectivity index (χ0n) is 22.4. The molecule has 0 amide bonds. The Morgan fingerprint density at radius 1 is 1.00 bits per heavy atom. The Balaban J connectivity index is 1.19. The predicted molar refractivity (Wildman–Crippen MR) is 152 cm³/mol. The number of hydrogen-bond donors (Lipinski definition) is 1. The van der Waals surface area contributed by atoms with Crippen molar-refractivity contribution in [3.05, 3.63) is 113 Å². The van der Waals surface area contributed by atoms with Gasteiger partial charge < -0.3 is 10.0 Å². The molecule has 1 atom stereocenters. The molecule has 4 aromatic rings. The molecule has 0 radical (unpaired) electrons. The van der Waals surface area contributed by atoms with Crippen LogP contribution in [0.1, 0.15) is 16.7 Å². The van der Waals surface area contributed by atoms with E-state index < -0.39 is 17.2 Å². The van der Waals surface area contributed by atoms with E-state index in [2.05, 4.69) is 50.2 Å². The standard InChI is InChI=1S/C30H33ClF2N6O/c1-36(19-30(40,20-39-22-34-21-35-39)27-11-8-25(32)16-29(27)33)17-23-6-9-26(10-7-23)38-14-12-37(13-15-38)18-24-4-2-3-5-28(24)31/h2-11,16,21-22,40H,12-15,17-20H2,1H3. The molecule has 3 aromatic carbocycles. The number of anilines is 1. The lowest BCUT2D eigenvalue weighted by Gasteiger charge is -2.36. The number of likely N-dealkylation sites (N-methyl/N-ethyl adjacent to an activating group) is 1. The van der Waals surface area contributed by atoms with Crippen molar-refractivity contribution in [1.82, 2.24) is 24.6 Å². The van der Waals surface area contributed by atoms with E-state index in [4.69, 9.17) is 11.6 Å². The number of halogens is 3. The Labute approximate surface area is 238 Å². The molecule has 7 nitrogen and oxygen atoms in total. The fraction of sp³-hybridized carbons (Fsp3) is 0.333. The second-order valence-corrected chi connectivity index (χ2v) is 10.8. The van der Waals surface area contributed by atoms with Crippen LogP contribution in [0.4, 0.5) is 14.5 Å². The minimum absolute atomic E-state index is 0.0141. The van der Waals surface area contributed by atoms with Crippen molar-refractivity contribution in [3.63, 3.8) is 0 Å². The normalized spacial score (nSPS) is 15.9. The summed E-state index contributed by atoms with van der Waals surface area (Å²) >= 11 is 6.34. The first kappa shape index (κ1) is 28.2. The molecule has 1 saturated heterocycles. The van der Waals surface area contributed by atoms with Crippen molar-refractivity contribution >= 4 is 17.3 Å². The van der Waals surface area contributed by atoms with Gasteiger partial charge in [0.25, 0.3) is 0 Å². The van der Waals surface area contributed by atoms with Gasteiger partial charge in [-0.05, 0) is 42.4 Å². The van der Waals surface area contributed by atoms with Crippen LogP contribution in [0.15, 0.2) is 79.4 Å². The lowest BCUT2D eigenvalue weighted by Crippen LogP contribution is -2.46. The molecular formula is C30H33ClF2N6O. The lowest BCUT2D eigenvalue weighted by atomic mass is 9.92.